The highest BCUT2D eigenvalue weighted by molar-refractivity contribution is 6.33. The summed E-state index contributed by atoms with van der Waals surface area (Å²) in [5.41, 5.74) is 0.934. The summed E-state index contributed by atoms with van der Waals surface area (Å²) in [6.07, 6.45) is 7.37. The number of aromatic nitrogens is 3. The third-order valence-electron chi connectivity index (χ3n) is 5.65. The lowest BCUT2D eigenvalue weighted by molar-refractivity contribution is 0.0786. The van der Waals surface area contributed by atoms with Crippen molar-refractivity contribution in [3.63, 3.8) is 0 Å². The number of hydrogen-bond acceptors (Lipinski definition) is 4. The molecule has 2 aliphatic rings. The second kappa shape index (κ2) is 8.31. The SMILES string of the molecule is O=C(N[C@H]1CC[C@@H](n2cc(C(=O)N3CCCC3)nn2)CC1)c1ccccc1Cl. The number of halogens is 1. The quantitative estimate of drug-likeness (QED) is 0.853. The molecule has 0 unspecified atom stereocenters. The molecule has 1 aliphatic heterocycles. The van der Waals surface area contributed by atoms with Crippen molar-refractivity contribution in [2.75, 3.05) is 13.1 Å². The fraction of sp³-hybridized carbons (Fsp3) is 0.500. The van der Waals surface area contributed by atoms with Gasteiger partial charge in [0.15, 0.2) is 5.69 Å². The third kappa shape index (κ3) is 4.04. The number of hydrogen-bond donors (Lipinski definition) is 1. The maximum atomic E-state index is 12.4. The summed E-state index contributed by atoms with van der Waals surface area (Å²) in [5.74, 6) is -0.155. The number of rotatable bonds is 4. The Morgan fingerprint density at radius 2 is 1.79 bits per heavy atom. The van der Waals surface area contributed by atoms with Gasteiger partial charge in [0, 0.05) is 19.1 Å². The Bertz CT molecular complexity index is 854. The van der Waals surface area contributed by atoms with Crippen molar-refractivity contribution >= 4 is 23.4 Å². The smallest absolute Gasteiger partial charge is 0.276 e. The zero-order valence-electron chi connectivity index (χ0n) is 15.7. The summed E-state index contributed by atoms with van der Waals surface area (Å²) >= 11 is 6.10. The number of amides is 2. The van der Waals surface area contributed by atoms with Crippen molar-refractivity contribution in [3.05, 3.63) is 46.7 Å². The summed E-state index contributed by atoms with van der Waals surface area (Å²) in [4.78, 5) is 26.7. The van der Waals surface area contributed by atoms with Crippen LogP contribution in [0.1, 0.15) is 65.4 Å². The van der Waals surface area contributed by atoms with Crippen LogP contribution in [0.5, 0.6) is 0 Å². The lowest BCUT2D eigenvalue weighted by atomic mass is 9.91. The lowest BCUT2D eigenvalue weighted by Crippen LogP contribution is -2.38. The van der Waals surface area contributed by atoms with Crippen molar-refractivity contribution in [2.24, 2.45) is 0 Å². The van der Waals surface area contributed by atoms with E-state index in [1.807, 2.05) is 21.7 Å². The highest BCUT2D eigenvalue weighted by Gasteiger charge is 2.27. The maximum absolute atomic E-state index is 12.4. The molecule has 8 heteroatoms. The van der Waals surface area contributed by atoms with Crippen molar-refractivity contribution in [2.45, 2.75) is 50.6 Å². The molecule has 1 saturated carbocycles. The van der Waals surface area contributed by atoms with Gasteiger partial charge in [-0.05, 0) is 50.7 Å². The molecular formula is C20H24ClN5O2. The maximum Gasteiger partial charge on any atom is 0.276 e. The first-order valence-electron chi connectivity index (χ1n) is 9.88. The number of benzene rings is 1. The summed E-state index contributed by atoms with van der Waals surface area (Å²) < 4.78 is 1.81. The van der Waals surface area contributed by atoms with Gasteiger partial charge in [-0.25, -0.2) is 4.68 Å². The van der Waals surface area contributed by atoms with Gasteiger partial charge in [-0.2, -0.15) is 0 Å². The van der Waals surface area contributed by atoms with E-state index in [0.29, 0.717) is 16.3 Å². The van der Waals surface area contributed by atoms with E-state index in [-0.39, 0.29) is 23.9 Å². The van der Waals surface area contributed by atoms with Gasteiger partial charge in [0.25, 0.3) is 11.8 Å². The van der Waals surface area contributed by atoms with E-state index >= 15 is 0 Å². The molecule has 28 heavy (non-hydrogen) atoms. The lowest BCUT2D eigenvalue weighted by Gasteiger charge is -2.29. The fourth-order valence-corrected chi connectivity index (χ4v) is 4.25. The average Bonchev–Trinajstić information content (AvgIpc) is 3.41. The zero-order chi connectivity index (χ0) is 19.5. The van der Waals surface area contributed by atoms with E-state index in [1.54, 1.807) is 18.3 Å². The normalized spacial score (nSPS) is 22.2. The molecule has 4 rings (SSSR count). The fourth-order valence-electron chi connectivity index (χ4n) is 4.03. The van der Waals surface area contributed by atoms with E-state index in [0.717, 1.165) is 51.6 Å². The average molecular weight is 402 g/mol. The Labute approximate surface area is 169 Å². The van der Waals surface area contributed by atoms with Crippen LogP contribution in [0.25, 0.3) is 0 Å². The van der Waals surface area contributed by atoms with E-state index in [4.69, 9.17) is 11.6 Å². The topological polar surface area (TPSA) is 80.1 Å². The molecule has 148 valence electrons. The zero-order valence-corrected chi connectivity index (χ0v) is 16.4. The van der Waals surface area contributed by atoms with Gasteiger partial charge in [-0.3, -0.25) is 9.59 Å². The van der Waals surface area contributed by atoms with Crippen LogP contribution in [-0.2, 0) is 0 Å². The van der Waals surface area contributed by atoms with Gasteiger partial charge >= 0.3 is 0 Å². The minimum Gasteiger partial charge on any atom is -0.349 e. The second-order valence-electron chi connectivity index (χ2n) is 7.54. The van der Waals surface area contributed by atoms with E-state index in [2.05, 4.69) is 15.6 Å². The molecule has 0 radical (unpaired) electrons. The van der Waals surface area contributed by atoms with Crippen molar-refractivity contribution in [1.82, 2.24) is 25.2 Å². The van der Waals surface area contributed by atoms with Gasteiger partial charge < -0.3 is 10.2 Å². The van der Waals surface area contributed by atoms with Gasteiger partial charge in [-0.15, -0.1) is 5.10 Å². The summed E-state index contributed by atoms with van der Waals surface area (Å²) in [6.45, 7) is 1.61. The third-order valence-corrected chi connectivity index (χ3v) is 5.98. The number of carbonyl (C=O) groups excluding carboxylic acids is 2. The molecule has 1 saturated heterocycles. The number of likely N-dealkylation sites (tertiary alicyclic amines) is 1. The minimum atomic E-state index is -0.131. The first kappa shape index (κ1) is 18.9. The van der Waals surface area contributed by atoms with Crippen molar-refractivity contribution in [1.29, 1.82) is 0 Å². The molecule has 1 N–H and O–H groups in total. The molecule has 2 heterocycles. The van der Waals surface area contributed by atoms with Gasteiger partial charge in [0.05, 0.1) is 22.8 Å². The molecule has 2 fully saturated rings. The van der Waals surface area contributed by atoms with Gasteiger partial charge in [-0.1, -0.05) is 28.9 Å². The van der Waals surface area contributed by atoms with Crippen LogP contribution in [0.4, 0.5) is 0 Å². The van der Waals surface area contributed by atoms with Crippen LogP contribution >= 0.6 is 11.6 Å². The highest BCUT2D eigenvalue weighted by atomic mass is 35.5. The standard InChI is InChI=1S/C20H24ClN5O2/c21-17-6-2-1-5-16(17)19(27)22-14-7-9-15(10-8-14)26-13-18(23-24-26)20(28)25-11-3-4-12-25/h1-2,5-6,13-15H,3-4,7-12H2,(H,22,27)/t14-,15+. The highest BCUT2D eigenvalue weighted by Crippen LogP contribution is 2.28. The molecule has 1 aromatic carbocycles. The summed E-state index contributed by atoms with van der Waals surface area (Å²) in [5, 5.41) is 11.8. The predicted octanol–water partition coefficient (Wildman–Crippen LogP) is 3.08. The van der Waals surface area contributed by atoms with Crippen LogP contribution in [-0.4, -0.2) is 50.8 Å². The van der Waals surface area contributed by atoms with Crippen LogP contribution in [0, 0.1) is 0 Å². The van der Waals surface area contributed by atoms with Crippen LogP contribution in [0.2, 0.25) is 5.02 Å². The van der Waals surface area contributed by atoms with Gasteiger partial charge in [0.1, 0.15) is 0 Å². The number of nitrogens with one attached hydrogen (secondary N) is 1. The Kier molecular flexibility index (Phi) is 5.62. The molecule has 2 amide bonds. The summed E-state index contributed by atoms with van der Waals surface area (Å²) in [6, 6.07) is 7.40. The second-order valence-corrected chi connectivity index (χ2v) is 7.95. The minimum absolute atomic E-state index is 0.0237. The molecule has 1 aliphatic carbocycles. The van der Waals surface area contributed by atoms with E-state index in [9.17, 15) is 9.59 Å². The largest absolute Gasteiger partial charge is 0.349 e. The first-order valence-corrected chi connectivity index (χ1v) is 10.3. The van der Waals surface area contributed by atoms with Crippen molar-refractivity contribution < 1.29 is 9.59 Å². The van der Waals surface area contributed by atoms with Crippen LogP contribution in [0.15, 0.2) is 30.5 Å². The molecule has 1 aromatic heterocycles. The van der Waals surface area contributed by atoms with Gasteiger partial charge in [0.2, 0.25) is 0 Å². The molecule has 0 spiro atoms. The Hall–Kier alpha value is -2.41. The molecule has 7 nitrogen and oxygen atoms in total. The Morgan fingerprint density at radius 1 is 1.07 bits per heavy atom. The Morgan fingerprint density at radius 3 is 2.50 bits per heavy atom. The number of carbonyl (C=O) groups is 2. The van der Waals surface area contributed by atoms with Crippen LogP contribution < -0.4 is 5.32 Å². The molecule has 0 bridgehead atoms. The van der Waals surface area contributed by atoms with Crippen molar-refractivity contribution in [3.8, 4) is 0 Å². The first-order chi connectivity index (χ1) is 13.6. The van der Waals surface area contributed by atoms with Crippen LogP contribution in [0.3, 0.4) is 0 Å². The monoisotopic (exact) mass is 401 g/mol. The summed E-state index contributed by atoms with van der Waals surface area (Å²) in [7, 11) is 0. The molecule has 0 atom stereocenters. The molecular weight excluding hydrogens is 378 g/mol. The van der Waals surface area contributed by atoms with E-state index in [1.165, 1.54) is 0 Å². The number of nitrogens with zero attached hydrogens (tertiary/aromatic N) is 4. The predicted molar refractivity (Wildman–Crippen MR) is 105 cm³/mol. The Balaban J connectivity index is 1.31. The molecule has 2 aromatic rings. The van der Waals surface area contributed by atoms with E-state index < -0.39 is 0 Å².